The summed E-state index contributed by atoms with van der Waals surface area (Å²) in [5.41, 5.74) is 1.91. The van der Waals surface area contributed by atoms with Crippen molar-refractivity contribution in [2.24, 2.45) is 0 Å². The van der Waals surface area contributed by atoms with Crippen molar-refractivity contribution in [3.63, 3.8) is 0 Å². The van der Waals surface area contributed by atoms with E-state index >= 15 is 0 Å². The maximum Gasteiger partial charge on any atom is 0.336 e. The highest BCUT2D eigenvalue weighted by molar-refractivity contribution is 5.89. The minimum atomic E-state index is -0.931. The van der Waals surface area contributed by atoms with Gasteiger partial charge >= 0.3 is 5.97 Å². The molecule has 1 N–H and O–H groups in total. The third-order valence-electron chi connectivity index (χ3n) is 3.03. The Labute approximate surface area is 117 Å². The van der Waals surface area contributed by atoms with Crippen molar-refractivity contribution in [1.29, 1.82) is 0 Å². The minimum Gasteiger partial charge on any atom is -0.478 e. The van der Waals surface area contributed by atoms with Gasteiger partial charge in [0, 0.05) is 13.1 Å². The average molecular weight is 273 g/mol. The van der Waals surface area contributed by atoms with E-state index in [2.05, 4.69) is 0 Å². The van der Waals surface area contributed by atoms with Crippen molar-refractivity contribution in [2.45, 2.75) is 13.1 Å². The quantitative estimate of drug-likeness (QED) is 0.909. The van der Waals surface area contributed by atoms with E-state index in [0.717, 1.165) is 11.1 Å². The number of benzene rings is 2. The number of carbonyl (C=O) groups is 1. The highest BCUT2D eigenvalue weighted by Gasteiger charge is 2.11. The van der Waals surface area contributed by atoms with Gasteiger partial charge in [-0.2, -0.15) is 0 Å². The first-order valence-electron chi connectivity index (χ1n) is 6.30. The molecule has 2 aromatic carbocycles. The molecule has 4 heteroatoms. The molecule has 0 unspecified atom stereocenters. The second-order valence-electron chi connectivity index (χ2n) is 4.76. The van der Waals surface area contributed by atoms with E-state index in [-0.39, 0.29) is 5.82 Å². The third kappa shape index (κ3) is 3.65. The number of carboxylic acids is 1. The summed E-state index contributed by atoms with van der Waals surface area (Å²) in [5.74, 6) is -1.19. The number of hydrogen-bond acceptors (Lipinski definition) is 2. The van der Waals surface area contributed by atoms with Crippen molar-refractivity contribution < 1.29 is 14.3 Å². The van der Waals surface area contributed by atoms with Gasteiger partial charge in [-0.25, -0.2) is 9.18 Å². The van der Waals surface area contributed by atoms with Crippen molar-refractivity contribution in [3.8, 4) is 0 Å². The van der Waals surface area contributed by atoms with Crippen LogP contribution in [0.15, 0.2) is 48.5 Å². The van der Waals surface area contributed by atoms with Gasteiger partial charge in [-0.1, -0.05) is 30.3 Å². The smallest absolute Gasteiger partial charge is 0.336 e. The Balaban J connectivity index is 2.08. The molecule has 2 aromatic rings. The van der Waals surface area contributed by atoms with Gasteiger partial charge in [0.05, 0.1) is 5.56 Å². The molecule has 0 heterocycles. The van der Waals surface area contributed by atoms with Crippen LogP contribution in [0.1, 0.15) is 21.5 Å². The molecule has 104 valence electrons. The molecule has 0 aliphatic carbocycles. The average Bonchev–Trinajstić information content (AvgIpc) is 2.38. The van der Waals surface area contributed by atoms with Crippen LogP contribution in [0.2, 0.25) is 0 Å². The molecule has 0 saturated heterocycles. The highest BCUT2D eigenvalue weighted by Crippen LogP contribution is 2.13. The molecule has 0 atom stereocenters. The molecule has 3 nitrogen and oxygen atoms in total. The molecule has 0 aliphatic heterocycles. The molecule has 0 saturated carbocycles. The number of nitrogens with zero attached hydrogens (tertiary/aromatic N) is 1. The van der Waals surface area contributed by atoms with Gasteiger partial charge in [-0.3, -0.25) is 4.90 Å². The van der Waals surface area contributed by atoms with Gasteiger partial charge in [0.2, 0.25) is 0 Å². The molecule has 20 heavy (non-hydrogen) atoms. The Hall–Kier alpha value is -2.20. The molecular formula is C16H16FNO2. The number of carboxylic acid groups (broad SMARTS) is 1. The molecule has 0 spiro atoms. The topological polar surface area (TPSA) is 40.5 Å². The maximum absolute atomic E-state index is 13.1. The lowest BCUT2D eigenvalue weighted by atomic mass is 10.1. The predicted octanol–water partition coefficient (Wildman–Crippen LogP) is 3.16. The van der Waals surface area contributed by atoms with Gasteiger partial charge in [0.1, 0.15) is 5.82 Å². The number of rotatable bonds is 5. The molecular weight excluding hydrogens is 257 g/mol. The monoisotopic (exact) mass is 273 g/mol. The summed E-state index contributed by atoms with van der Waals surface area (Å²) < 4.78 is 13.1. The Kier molecular flexibility index (Phi) is 4.48. The summed E-state index contributed by atoms with van der Waals surface area (Å²) in [4.78, 5) is 13.1. The summed E-state index contributed by atoms with van der Waals surface area (Å²) >= 11 is 0. The molecule has 2 rings (SSSR count). The van der Waals surface area contributed by atoms with Crippen molar-refractivity contribution >= 4 is 5.97 Å². The van der Waals surface area contributed by atoms with Crippen LogP contribution in [-0.2, 0) is 13.1 Å². The van der Waals surface area contributed by atoms with Crippen molar-refractivity contribution in [1.82, 2.24) is 4.90 Å². The zero-order valence-electron chi connectivity index (χ0n) is 11.2. The van der Waals surface area contributed by atoms with Crippen molar-refractivity contribution in [2.75, 3.05) is 7.05 Å². The highest BCUT2D eigenvalue weighted by atomic mass is 19.1. The normalized spacial score (nSPS) is 10.8. The first-order chi connectivity index (χ1) is 9.56. The second kappa shape index (κ2) is 6.30. The molecule has 0 fully saturated rings. The summed E-state index contributed by atoms with van der Waals surface area (Å²) in [7, 11) is 1.88. The number of hydrogen-bond donors (Lipinski definition) is 1. The van der Waals surface area contributed by atoms with Crippen LogP contribution in [0, 0.1) is 5.82 Å². The molecule has 0 bridgehead atoms. The van der Waals surface area contributed by atoms with Crippen LogP contribution in [0.3, 0.4) is 0 Å². The van der Waals surface area contributed by atoms with Crippen molar-refractivity contribution in [3.05, 3.63) is 71.0 Å². The number of aromatic carboxylic acids is 1. The van der Waals surface area contributed by atoms with E-state index in [1.54, 1.807) is 24.3 Å². The zero-order chi connectivity index (χ0) is 14.5. The maximum atomic E-state index is 13.1. The van der Waals surface area contributed by atoms with Crippen LogP contribution in [0.5, 0.6) is 0 Å². The third-order valence-corrected chi connectivity index (χ3v) is 3.03. The lowest BCUT2D eigenvalue weighted by Gasteiger charge is -2.18. The summed E-state index contributed by atoms with van der Waals surface area (Å²) in [6.45, 7) is 1.06. The van der Waals surface area contributed by atoms with Crippen LogP contribution in [-0.4, -0.2) is 23.0 Å². The zero-order valence-corrected chi connectivity index (χ0v) is 11.2. The number of halogens is 1. The van der Waals surface area contributed by atoms with E-state index in [1.165, 1.54) is 12.1 Å². The van der Waals surface area contributed by atoms with Gasteiger partial charge < -0.3 is 5.11 Å². The lowest BCUT2D eigenvalue weighted by molar-refractivity contribution is 0.0694. The Morgan fingerprint density at radius 1 is 1.15 bits per heavy atom. The van der Waals surface area contributed by atoms with Gasteiger partial charge in [0.25, 0.3) is 0 Å². The summed E-state index contributed by atoms with van der Waals surface area (Å²) in [6, 6.07) is 13.3. The van der Waals surface area contributed by atoms with Crippen LogP contribution in [0.4, 0.5) is 4.39 Å². The second-order valence-corrected chi connectivity index (χ2v) is 4.76. The Morgan fingerprint density at radius 2 is 1.90 bits per heavy atom. The lowest BCUT2D eigenvalue weighted by Crippen LogP contribution is -2.19. The Morgan fingerprint density at radius 3 is 2.60 bits per heavy atom. The summed E-state index contributed by atoms with van der Waals surface area (Å²) in [6.07, 6.45) is 0. The van der Waals surface area contributed by atoms with Crippen LogP contribution in [0.25, 0.3) is 0 Å². The Bertz CT molecular complexity index is 613. The molecule has 0 aliphatic rings. The molecule has 0 aromatic heterocycles. The largest absolute Gasteiger partial charge is 0.478 e. The van der Waals surface area contributed by atoms with E-state index in [9.17, 15) is 9.18 Å². The van der Waals surface area contributed by atoms with E-state index in [0.29, 0.717) is 18.7 Å². The minimum absolute atomic E-state index is 0.262. The predicted molar refractivity (Wildman–Crippen MR) is 75.0 cm³/mol. The van der Waals surface area contributed by atoms with Gasteiger partial charge in [-0.05, 0) is 36.4 Å². The molecule has 0 amide bonds. The molecule has 0 radical (unpaired) electrons. The summed E-state index contributed by atoms with van der Waals surface area (Å²) in [5, 5.41) is 9.14. The fraction of sp³-hybridized carbons (Fsp3) is 0.188. The fourth-order valence-electron chi connectivity index (χ4n) is 2.16. The van der Waals surface area contributed by atoms with Gasteiger partial charge in [0.15, 0.2) is 0 Å². The van der Waals surface area contributed by atoms with E-state index in [1.807, 2.05) is 24.1 Å². The first-order valence-corrected chi connectivity index (χ1v) is 6.30. The van der Waals surface area contributed by atoms with Crippen LogP contribution < -0.4 is 0 Å². The van der Waals surface area contributed by atoms with Crippen LogP contribution >= 0.6 is 0 Å². The first kappa shape index (κ1) is 14.2. The van der Waals surface area contributed by atoms with Gasteiger partial charge in [-0.15, -0.1) is 0 Å². The fourth-order valence-corrected chi connectivity index (χ4v) is 2.16. The van der Waals surface area contributed by atoms with E-state index in [4.69, 9.17) is 5.11 Å². The SMILES string of the molecule is CN(Cc1cccc(F)c1)Cc1ccccc1C(=O)O. The standard InChI is InChI=1S/C16H16FNO2/c1-18(10-12-5-4-7-14(17)9-12)11-13-6-2-3-8-15(13)16(19)20/h2-9H,10-11H2,1H3,(H,19,20). The van der Waals surface area contributed by atoms with E-state index < -0.39 is 5.97 Å².